The SMILES string of the molecule is Cc1cc(CCCCCCc2cc(C)c(O)c(C)c2C)c(C)c(C)c1O. The summed E-state index contributed by atoms with van der Waals surface area (Å²) in [7, 11) is 0. The summed E-state index contributed by atoms with van der Waals surface area (Å²) in [6.45, 7) is 12.2. The van der Waals surface area contributed by atoms with Crippen molar-refractivity contribution in [2.24, 2.45) is 0 Å². The third-order valence-electron chi connectivity index (χ3n) is 5.97. The van der Waals surface area contributed by atoms with Crippen LogP contribution in [0.3, 0.4) is 0 Å². The second-order valence-electron chi connectivity index (χ2n) is 7.82. The average molecular weight is 355 g/mol. The lowest BCUT2D eigenvalue weighted by Crippen LogP contribution is -1.97. The van der Waals surface area contributed by atoms with Gasteiger partial charge in [0.15, 0.2) is 0 Å². The van der Waals surface area contributed by atoms with E-state index in [0.717, 1.165) is 35.1 Å². The molecule has 2 N–H and O–H groups in total. The third-order valence-corrected chi connectivity index (χ3v) is 5.97. The van der Waals surface area contributed by atoms with Crippen molar-refractivity contribution in [3.8, 4) is 11.5 Å². The van der Waals surface area contributed by atoms with Crippen LogP contribution in [0, 0.1) is 41.5 Å². The fourth-order valence-corrected chi connectivity index (χ4v) is 3.81. The van der Waals surface area contributed by atoms with Gasteiger partial charge >= 0.3 is 0 Å². The molecule has 0 fully saturated rings. The van der Waals surface area contributed by atoms with Crippen molar-refractivity contribution >= 4 is 0 Å². The molecule has 0 bridgehead atoms. The first-order valence-electron chi connectivity index (χ1n) is 9.81. The molecule has 0 heterocycles. The van der Waals surface area contributed by atoms with Gasteiger partial charge in [0.05, 0.1) is 0 Å². The van der Waals surface area contributed by atoms with Crippen LogP contribution in [0.2, 0.25) is 0 Å². The van der Waals surface area contributed by atoms with E-state index in [9.17, 15) is 10.2 Å². The lowest BCUT2D eigenvalue weighted by Gasteiger charge is -2.14. The minimum atomic E-state index is 0.445. The van der Waals surface area contributed by atoms with E-state index in [4.69, 9.17) is 0 Å². The van der Waals surface area contributed by atoms with Crippen LogP contribution in [0.5, 0.6) is 11.5 Å². The monoisotopic (exact) mass is 354 g/mol. The fraction of sp³-hybridized carbons (Fsp3) is 0.500. The predicted molar refractivity (Wildman–Crippen MR) is 111 cm³/mol. The van der Waals surface area contributed by atoms with Crippen molar-refractivity contribution in [1.29, 1.82) is 0 Å². The summed E-state index contributed by atoms with van der Waals surface area (Å²) in [5.41, 5.74) is 9.23. The highest BCUT2D eigenvalue weighted by atomic mass is 16.3. The Balaban J connectivity index is 1.82. The summed E-state index contributed by atoms with van der Waals surface area (Å²) in [5, 5.41) is 20.0. The molecule has 0 atom stereocenters. The molecule has 0 unspecified atom stereocenters. The Kier molecular flexibility index (Phi) is 6.75. The van der Waals surface area contributed by atoms with Crippen LogP contribution < -0.4 is 0 Å². The third kappa shape index (κ3) is 4.41. The van der Waals surface area contributed by atoms with E-state index in [1.165, 1.54) is 47.9 Å². The summed E-state index contributed by atoms with van der Waals surface area (Å²) in [6, 6.07) is 4.28. The van der Waals surface area contributed by atoms with E-state index < -0.39 is 0 Å². The number of hydrogen-bond acceptors (Lipinski definition) is 2. The van der Waals surface area contributed by atoms with E-state index >= 15 is 0 Å². The van der Waals surface area contributed by atoms with Crippen molar-refractivity contribution in [1.82, 2.24) is 0 Å². The molecule has 0 aliphatic carbocycles. The first-order valence-corrected chi connectivity index (χ1v) is 9.81. The number of phenolic OH excluding ortho intramolecular Hbond substituents is 2. The van der Waals surface area contributed by atoms with Gasteiger partial charge in [0.25, 0.3) is 0 Å². The second kappa shape index (κ2) is 8.62. The van der Waals surface area contributed by atoms with Gasteiger partial charge in [-0.2, -0.15) is 0 Å². The topological polar surface area (TPSA) is 40.5 Å². The molecule has 0 saturated carbocycles. The Morgan fingerprint density at radius 2 is 0.885 bits per heavy atom. The van der Waals surface area contributed by atoms with Crippen molar-refractivity contribution in [2.45, 2.75) is 80.1 Å². The van der Waals surface area contributed by atoms with Gasteiger partial charge < -0.3 is 10.2 Å². The molecule has 0 saturated heterocycles. The van der Waals surface area contributed by atoms with Crippen molar-refractivity contribution < 1.29 is 10.2 Å². The zero-order valence-corrected chi connectivity index (χ0v) is 17.3. The molecule has 0 amide bonds. The van der Waals surface area contributed by atoms with Crippen molar-refractivity contribution in [3.63, 3.8) is 0 Å². The highest BCUT2D eigenvalue weighted by molar-refractivity contribution is 5.49. The summed E-state index contributed by atoms with van der Waals surface area (Å²) in [6.07, 6.45) is 7.02. The summed E-state index contributed by atoms with van der Waals surface area (Å²) < 4.78 is 0. The van der Waals surface area contributed by atoms with Gasteiger partial charge in [0.2, 0.25) is 0 Å². The normalized spacial score (nSPS) is 11.2. The summed E-state index contributed by atoms with van der Waals surface area (Å²) in [4.78, 5) is 0. The Labute approximate surface area is 158 Å². The molecule has 0 aliphatic rings. The molecule has 26 heavy (non-hydrogen) atoms. The molecule has 2 aromatic carbocycles. The van der Waals surface area contributed by atoms with Gasteiger partial charge in [-0.05, 0) is 112 Å². The van der Waals surface area contributed by atoms with Crippen LogP contribution >= 0.6 is 0 Å². The zero-order valence-electron chi connectivity index (χ0n) is 17.3. The Morgan fingerprint density at radius 1 is 0.538 bits per heavy atom. The Morgan fingerprint density at radius 3 is 1.23 bits per heavy atom. The molecular formula is C24H34O2. The van der Waals surface area contributed by atoms with Crippen molar-refractivity contribution in [2.75, 3.05) is 0 Å². The number of aryl methyl sites for hydroxylation is 4. The largest absolute Gasteiger partial charge is 0.507 e. The smallest absolute Gasteiger partial charge is 0.121 e. The van der Waals surface area contributed by atoms with Gasteiger partial charge in [-0.25, -0.2) is 0 Å². The van der Waals surface area contributed by atoms with Gasteiger partial charge in [-0.1, -0.05) is 25.0 Å². The number of phenols is 2. The molecule has 2 nitrogen and oxygen atoms in total. The van der Waals surface area contributed by atoms with Crippen LogP contribution in [0.4, 0.5) is 0 Å². The van der Waals surface area contributed by atoms with E-state index in [1.54, 1.807) is 0 Å². The van der Waals surface area contributed by atoms with Gasteiger partial charge in [0.1, 0.15) is 11.5 Å². The molecule has 0 radical (unpaired) electrons. The van der Waals surface area contributed by atoms with Crippen molar-refractivity contribution in [3.05, 3.63) is 56.6 Å². The highest BCUT2D eigenvalue weighted by Crippen LogP contribution is 2.29. The van der Waals surface area contributed by atoms with Gasteiger partial charge in [0, 0.05) is 0 Å². The lowest BCUT2D eigenvalue weighted by molar-refractivity contribution is 0.465. The van der Waals surface area contributed by atoms with Gasteiger partial charge in [-0.15, -0.1) is 0 Å². The predicted octanol–water partition coefficient (Wildman–Crippen LogP) is 6.29. The molecule has 2 aromatic rings. The molecule has 2 rings (SSSR count). The standard InChI is InChI=1S/C24H34O2/c1-15-13-21(17(3)19(5)23(15)25)11-9-7-8-10-12-22-14-16(2)24(26)20(6)18(22)4/h13-14,25-26H,7-12H2,1-6H3. The number of unbranched alkanes of at least 4 members (excludes halogenated alkanes) is 3. The van der Waals surface area contributed by atoms with E-state index in [0.29, 0.717) is 11.5 Å². The molecule has 0 aliphatic heterocycles. The van der Waals surface area contributed by atoms with E-state index in [-0.39, 0.29) is 0 Å². The minimum absolute atomic E-state index is 0.445. The molecule has 0 aromatic heterocycles. The summed E-state index contributed by atoms with van der Waals surface area (Å²) in [5.74, 6) is 0.891. The van der Waals surface area contributed by atoms with Crippen LogP contribution in [-0.2, 0) is 12.8 Å². The Hall–Kier alpha value is -1.96. The number of rotatable bonds is 7. The highest BCUT2D eigenvalue weighted by Gasteiger charge is 2.10. The van der Waals surface area contributed by atoms with Crippen LogP contribution in [-0.4, -0.2) is 10.2 Å². The van der Waals surface area contributed by atoms with E-state index in [1.807, 2.05) is 27.7 Å². The molecule has 2 heteroatoms. The van der Waals surface area contributed by atoms with Gasteiger partial charge in [-0.3, -0.25) is 0 Å². The van der Waals surface area contributed by atoms with E-state index in [2.05, 4.69) is 26.0 Å². The maximum atomic E-state index is 10.0. The average Bonchev–Trinajstić information content (AvgIpc) is 2.62. The number of benzene rings is 2. The first kappa shape index (κ1) is 20.4. The quantitative estimate of drug-likeness (QED) is 0.573. The first-order chi connectivity index (χ1) is 12.2. The molecular weight excluding hydrogens is 320 g/mol. The van der Waals surface area contributed by atoms with Crippen LogP contribution in [0.15, 0.2) is 12.1 Å². The minimum Gasteiger partial charge on any atom is -0.507 e. The maximum Gasteiger partial charge on any atom is 0.121 e. The maximum absolute atomic E-state index is 10.0. The zero-order chi connectivity index (χ0) is 19.4. The number of hydrogen-bond donors (Lipinski definition) is 2. The molecule has 0 spiro atoms. The summed E-state index contributed by atoms with van der Waals surface area (Å²) >= 11 is 0. The second-order valence-corrected chi connectivity index (χ2v) is 7.82. The lowest BCUT2D eigenvalue weighted by atomic mass is 9.93. The van der Waals surface area contributed by atoms with Crippen LogP contribution in [0.1, 0.15) is 70.2 Å². The molecule has 142 valence electrons. The number of aromatic hydroxyl groups is 2. The Bertz CT molecular complexity index is 720. The fourth-order valence-electron chi connectivity index (χ4n) is 3.81. The van der Waals surface area contributed by atoms with Crippen LogP contribution in [0.25, 0.3) is 0 Å².